The van der Waals surface area contributed by atoms with Gasteiger partial charge in [0.1, 0.15) is 5.69 Å². The zero-order valence-electron chi connectivity index (χ0n) is 10.4. The lowest BCUT2D eigenvalue weighted by Crippen LogP contribution is -2.30. The summed E-state index contributed by atoms with van der Waals surface area (Å²) < 4.78 is 2.69. The van der Waals surface area contributed by atoms with Gasteiger partial charge in [-0.2, -0.15) is 0 Å². The number of hydrogen-bond donors (Lipinski definition) is 2. The van der Waals surface area contributed by atoms with Gasteiger partial charge in [0.2, 0.25) is 0 Å². The zero-order valence-corrected chi connectivity index (χ0v) is 12.0. The Labute approximate surface area is 114 Å². The van der Waals surface area contributed by atoms with Crippen LogP contribution in [-0.2, 0) is 11.3 Å². The molecule has 1 aromatic rings. The molecule has 0 aliphatic carbocycles. The van der Waals surface area contributed by atoms with Gasteiger partial charge in [0.15, 0.2) is 0 Å². The van der Waals surface area contributed by atoms with E-state index in [1.807, 2.05) is 17.7 Å². The Kier molecular flexibility index (Phi) is 5.40. The molecule has 1 unspecified atom stereocenters. The highest BCUT2D eigenvalue weighted by Gasteiger charge is 2.14. The summed E-state index contributed by atoms with van der Waals surface area (Å²) in [5, 5.41) is 11.4. The third-order valence-corrected chi connectivity index (χ3v) is 3.00. The maximum Gasteiger partial charge on any atom is 0.303 e. The third-order valence-electron chi connectivity index (χ3n) is 2.57. The first-order valence-electron chi connectivity index (χ1n) is 5.79. The van der Waals surface area contributed by atoms with Gasteiger partial charge < -0.3 is 15.0 Å². The number of carboxylic acids is 1. The van der Waals surface area contributed by atoms with Gasteiger partial charge in [-0.15, -0.1) is 0 Å². The number of aliphatic carboxylic acids is 1. The lowest BCUT2D eigenvalue weighted by atomic mass is 10.1. The van der Waals surface area contributed by atoms with Gasteiger partial charge in [-0.05, 0) is 34.8 Å². The van der Waals surface area contributed by atoms with Crippen LogP contribution in [-0.4, -0.2) is 28.1 Å². The number of carbonyl (C=O) groups is 2. The lowest BCUT2D eigenvalue weighted by Gasteiger charge is -2.11. The van der Waals surface area contributed by atoms with E-state index in [0.717, 1.165) is 4.47 Å². The van der Waals surface area contributed by atoms with Crippen molar-refractivity contribution in [1.82, 2.24) is 9.88 Å². The van der Waals surface area contributed by atoms with Crippen LogP contribution >= 0.6 is 15.9 Å². The van der Waals surface area contributed by atoms with Crippen LogP contribution in [0.5, 0.6) is 0 Å². The van der Waals surface area contributed by atoms with E-state index < -0.39 is 5.97 Å². The standard InChI is InChI=1S/C12H17BrN2O3/c1-3-15-7-9(13)5-10(15)12(18)14-6-8(2)4-11(16)17/h5,7-8H,3-4,6H2,1-2H3,(H,14,18)(H,16,17). The molecule has 0 saturated heterocycles. The second kappa shape index (κ2) is 6.58. The van der Waals surface area contributed by atoms with Gasteiger partial charge in [0.05, 0.1) is 0 Å². The SMILES string of the molecule is CCn1cc(Br)cc1C(=O)NCC(C)CC(=O)O. The summed E-state index contributed by atoms with van der Waals surface area (Å²) in [4.78, 5) is 22.4. The van der Waals surface area contributed by atoms with Crippen LogP contribution < -0.4 is 5.32 Å². The highest BCUT2D eigenvalue weighted by atomic mass is 79.9. The molecule has 100 valence electrons. The Morgan fingerprint density at radius 2 is 2.22 bits per heavy atom. The number of nitrogens with one attached hydrogen (secondary N) is 1. The van der Waals surface area contributed by atoms with Crippen LogP contribution in [0, 0.1) is 5.92 Å². The van der Waals surface area contributed by atoms with Crippen LogP contribution in [0.15, 0.2) is 16.7 Å². The maximum absolute atomic E-state index is 11.9. The number of aryl methyl sites for hydroxylation is 1. The van der Waals surface area contributed by atoms with E-state index in [9.17, 15) is 9.59 Å². The quantitative estimate of drug-likeness (QED) is 0.844. The van der Waals surface area contributed by atoms with Crippen molar-refractivity contribution in [2.75, 3.05) is 6.54 Å². The first-order chi connectivity index (χ1) is 8.43. The molecule has 0 aliphatic rings. The third kappa shape index (κ3) is 4.18. The van der Waals surface area contributed by atoms with Crippen molar-refractivity contribution < 1.29 is 14.7 Å². The zero-order chi connectivity index (χ0) is 13.7. The second-order valence-electron chi connectivity index (χ2n) is 4.24. The molecule has 5 nitrogen and oxygen atoms in total. The minimum absolute atomic E-state index is 0.0543. The smallest absolute Gasteiger partial charge is 0.303 e. The molecule has 0 aliphatic heterocycles. The van der Waals surface area contributed by atoms with Crippen LogP contribution in [0.3, 0.4) is 0 Å². The highest BCUT2D eigenvalue weighted by Crippen LogP contribution is 2.15. The molecular weight excluding hydrogens is 300 g/mol. The molecule has 1 rings (SSSR count). The molecule has 1 aromatic heterocycles. The molecule has 1 amide bonds. The van der Waals surface area contributed by atoms with Crippen LogP contribution in [0.4, 0.5) is 0 Å². The first kappa shape index (κ1) is 14.8. The normalized spacial score (nSPS) is 12.2. The van der Waals surface area contributed by atoms with Gasteiger partial charge in [-0.1, -0.05) is 6.92 Å². The number of carbonyl (C=O) groups excluding carboxylic acids is 1. The van der Waals surface area contributed by atoms with Crippen molar-refractivity contribution in [3.05, 3.63) is 22.4 Å². The first-order valence-corrected chi connectivity index (χ1v) is 6.59. The van der Waals surface area contributed by atoms with Crippen LogP contribution in [0.1, 0.15) is 30.8 Å². The van der Waals surface area contributed by atoms with E-state index in [1.54, 1.807) is 13.0 Å². The van der Waals surface area contributed by atoms with Gasteiger partial charge in [-0.25, -0.2) is 0 Å². The van der Waals surface area contributed by atoms with Crippen molar-refractivity contribution in [2.45, 2.75) is 26.8 Å². The summed E-state index contributed by atoms with van der Waals surface area (Å²) >= 11 is 3.33. The molecule has 0 radical (unpaired) electrons. The topological polar surface area (TPSA) is 71.3 Å². The largest absolute Gasteiger partial charge is 0.481 e. The molecule has 1 heterocycles. The van der Waals surface area contributed by atoms with E-state index in [-0.39, 0.29) is 18.2 Å². The molecule has 1 atom stereocenters. The van der Waals surface area contributed by atoms with Crippen molar-refractivity contribution in [3.63, 3.8) is 0 Å². The summed E-state index contributed by atoms with van der Waals surface area (Å²) in [6.07, 6.45) is 1.90. The number of amides is 1. The predicted molar refractivity (Wildman–Crippen MR) is 71.6 cm³/mol. The number of carboxylic acid groups (broad SMARTS) is 1. The van der Waals surface area contributed by atoms with E-state index in [4.69, 9.17) is 5.11 Å². The van der Waals surface area contributed by atoms with Gasteiger partial charge in [-0.3, -0.25) is 9.59 Å². The van der Waals surface area contributed by atoms with Crippen molar-refractivity contribution >= 4 is 27.8 Å². The van der Waals surface area contributed by atoms with Gasteiger partial charge >= 0.3 is 5.97 Å². The monoisotopic (exact) mass is 316 g/mol. The highest BCUT2D eigenvalue weighted by molar-refractivity contribution is 9.10. The van der Waals surface area contributed by atoms with Gasteiger partial charge in [0.25, 0.3) is 5.91 Å². The Bertz CT molecular complexity index is 443. The summed E-state index contributed by atoms with van der Waals surface area (Å²) in [6.45, 7) is 4.82. The second-order valence-corrected chi connectivity index (χ2v) is 5.16. The maximum atomic E-state index is 11.9. The molecule has 0 fully saturated rings. The molecule has 18 heavy (non-hydrogen) atoms. The number of hydrogen-bond acceptors (Lipinski definition) is 2. The Balaban J connectivity index is 2.57. The summed E-state index contributed by atoms with van der Waals surface area (Å²) in [5.74, 6) is -1.11. The van der Waals surface area contributed by atoms with Crippen molar-refractivity contribution in [1.29, 1.82) is 0 Å². The van der Waals surface area contributed by atoms with Crippen molar-refractivity contribution in [2.24, 2.45) is 5.92 Å². The summed E-state index contributed by atoms with van der Waals surface area (Å²) in [6, 6.07) is 1.75. The van der Waals surface area contributed by atoms with E-state index in [0.29, 0.717) is 18.8 Å². The van der Waals surface area contributed by atoms with E-state index in [1.165, 1.54) is 0 Å². The fraction of sp³-hybridized carbons (Fsp3) is 0.500. The number of halogens is 1. The minimum Gasteiger partial charge on any atom is -0.481 e. The van der Waals surface area contributed by atoms with Crippen LogP contribution in [0.25, 0.3) is 0 Å². The van der Waals surface area contributed by atoms with E-state index >= 15 is 0 Å². The fourth-order valence-electron chi connectivity index (χ4n) is 1.65. The molecule has 0 bridgehead atoms. The minimum atomic E-state index is -0.851. The fourth-order valence-corrected chi connectivity index (χ4v) is 2.12. The average Bonchev–Trinajstić information content (AvgIpc) is 2.66. The molecule has 0 aromatic carbocycles. The molecule has 2 N–H and O–H groups in total. The molecule has 0 saturated carbocycles. The summed E-state index contributed by atoms with van der Waals surface area (Å²) in [5.41, 5.74) is 0.576. The number of rotatable bonds is 6. The van der Waals surface area contributed by atoms with Gasteiger partial charge in [0, 0.05) is 30.2 Å². The Morgan fingerprint density at radius 1 is 1.56 bits per heavy atom. The molecule has 6 heteroatoms. The average molecular weight is 317 g/mol. The Hall–Kier alpha value is -1.30. The summed E-state index contributed by atoms with van der Waals surface area (Å²) in [7, 11) is 0. The van der Waals surface area contributed by atoms with E-state index in [2.05, 4.69) is 21.2 Å². The lowest BCUT2D eigenvalue weighted by molar-refractivity contribution is -0.137. The molecular formula is C12H17BrN2O3. The number of aromatic nitrogens is 1. The van der Waals surface area contributed by atoms with Crippen LogP contribution in [0.2, 0.25) is 0 Å². The molecule has 0 spiro atoms. The predicted octanol–water partition coefficient (Wildman–Crippen LogP) is 2.11. The van der Waals surface area contributed by atoms with Crippen molar-refractivity contribution in [3.8, 4) is 0 Å². The Morgan fingerprint density at radius 3 is 2.78 bits per heavy atom. The number of nitrogens with zero attached hydrogens (tertiary/aromatic N) is 1.